The molecule has 4 nitrogen and oxygen atoms in total. The fourth-order valence-electron chi connectivity index (χ4n) is 10.5. The minimum atomic E-state index is -0.284. The van der Waals surface area contributed by atoms with Gasteiger partial charge in [-0.25, -0.2) is 8.78 Å². The summed E-state index contributed by atoms with van der Waals surface area (Å²) in [7, 11) is 0. The first-order chi connectivity index (χ1) is 37.6. The molecule has 0 saturated heterocycles. The molecule has 10 aromatic carbocycles. The van der Waals surface area contributed by atoms with E-state index in [1.54, 1.807) is 0 Å². The van der Waals surface area contributed by atoms with Crippen molar-refractivity contribution in [3.05, 3.63) is 218 Å². The number of aromatic nitrogens is 4. The third-order valence-electron chi connectivity index (χ3n) is 13.2. The van der Waals surface area contributed by atoms with Crippen LogP contribution in [0.1, 0.15) is 0 Å². The molecule has 0 aliphatic heterocycles. The van der Waals surface area contributed by atoms with Gasteiger partial charge in [0.25, 0.3) is 0 Å². The minimum Gasteiger partial charge on any atom is -0.354 e. The predicted molar refractivity (Wildman–Crippen MR) is 286 cm³/mol. The van der Waals surface area contributed by atoms with E-state index in [4.69, 9.17) is 45.7 Å². The Hall–Kier alpha value is -9.51. The highest BCUT2D eigenvalue weighted by atomic mass is 20.0. The van der Waals surface area contributed by atoms with E-state index >= 15 is 0 Å². The summed E-state index contributed by atoms with van der Waals surface area (Å²) in [5.74, 6) is -0.568. The standard InChI is InChI=1S/C30H18F2N2.C30H20N2.5F2.FH/c31-19-13-9-17(10-14-19)25-26(18-11-15-20(32)16-12-18)29-28(22-6-2-4-8-24(22)33-29)30-27(25)21-5-1-3-7-23(21)34-30;1-3-11-19(12-4-1)25-26(20-13-5-2-6-14-20)29-28(22-16-8-10-18-24(22)31-29)30-27(25)21-15-7-9-17-23(21)32-30;5*1-2;/h1-16,33-34H;1-18,31-32H;;;;;;1H. The first kappa shape index (κ1) is 55.2. The van der Waals surface area contributed by atoms with Crippen molar-refractivity contribution in [2.45, 2.75) is 0 Å². The van der Waals surface area contributed by atoms with Gasteiger partial charge >= 0.3 is 0 Å². The highest BCUT2D eigenvalue weighted by Crippen LogP contribution is 2.50. The molecule has 4 aromatic heterocycles. The molecule has 14 rings (SSSR count). The SMILES string of the molecule is F.FF.FF.FF.FF.FF.Fc1ccc(-c2c(-c3ccc(F)cc3)c3c4ccccc4[nH]c3c3c2[nH]c2ccccc23)cc1.c1ccc(-c2c(-c3ccccc3)c3c4ccccc4[nH]c3c3c2[nH]c2ccccc23)cc1. The van der Waals surface area contributed by atoms with Crippen LogP contribution in [0.2, 0.25) is 0 Å². The number of H-pyrrole nitrogens is 4. The number of hydrogen-bond acceptors (Lipinski definition) is 0. The van der Waals surface area contributed by atoms with Gasteiger partial charge < -0.3 is 19.9 Å². The first-order valence-electron chi connectivity index (χ1n) is 22.9. The second-order valence-electron chi connectivity index (χ2n) is 16.9. The molecule has 14 aromatic rings. The average molecular weight is 1060 g/mol. The molecule has 77 heavy (non-hydrogen) atoms. The Balaban J connectivity index is 0.000000191. The largest absolute Gasteiger partial charge is 0.354 e. The van der Waals surface area contributed by atoms with E-state index in [2.05, 4.69) is 153 Å². The summed E-state index contributed by atoms with van der Waals surface area (Å²) in [5.41, 5.74) is 17.4. The van der Waals surface area contributed by atoms with Gasteiger partial charge in [-0.3, -0.25) is 4.70 Å². The Morgan fingerprint density at radius 1 is 0.221 bits per heavy atom. The zero-order valence-electron chi connectivity index (χ0n) is 39.6. The highest BCUT2D eigenvalue weighted by Gasteiger charge is 2.25. The molecule has 0 unspecified atom stereocenters. The number of fused-ring (bicyclic) bond motifs is 14. The average Bonchev–Trinajstić information content (AvgIpc) is 4.50. The van der Waals surface area contributed by atoms with Crippen LogP contribution in [0.3, 0.4) is 0 Å². The van der Waals surface area contributed by atoms with Gasteiger partial charge in [0.05, 0.1) is 22.1 Å². The number of halogens is 13. The van der Waals surface area contributed by atoms with Crippen molar-refractivity contribution < 1.29 is 59.2 Å². The zero-order valence-corrected chi connectivity index (χ0v) is 39.6. The van der Waals surface area contributed by atoms with Crippen LogP contribution < -0.4 is 0 Å². The number of benzene rings is 10. The lowest BCUT2D eigenvalue weighted by molar-refractivity contribution is 0.108. The molecule has 4 heterocycles. The van der Waals surface area contributed by atoms with Crippen LogP contribution in [0.25, 0.3) is 132 Å². The second-order valence-corrected chi connectivity index (χ2v) is 16.9. The Labute approximate surface area is 427 Å². The number of rotatable bonds is 4. The van der Waals surface area contributed by atoms with Crippen LogP contribution in [-0.2, 0) is 0 Å². The summed E-state index contributed by atoms with van der Waals surface area (Å²) in [4.78, 5) is 14.8. The van der Waals surface area contributed by atoms with E-state index in [-0.39, 0.29) is 16.3 Å². The van der Waals surface area contributed by atoms with Gasteiger partial charge in [0, 0.05) is 133 Å². The van der Waals surface area contributed by atoms with Crippen LogP contribution in [0.15, 0.2) is 206 Å². The molecule has 0 radical (unpaired) electrons. The monoisotopic (exact) mass is 1060 g/mol. The molecule has 390 valence electrons. The maximum atomic E-state index is 13.9. The quantitative estimate of drug-likeness (QED) is 0.127. The Bertz CT molecular complexity index is 4200. The normalized spacial score (nSPS) is 10.5. The molecular weight excluding hydrogens is 1020 g/mol. The lowest BCUT2D eigenvalue weighted by atomic mass is 9.88. The second kappa shape index (κ2) is 25.1. The van der Waals surface area contributed by atoms with Crippen LogP contribution in [-0.4, -0.2) is 19.9 Å². The molecule has 0 aliphatic rings. The molecule has 0 spiro atoms. The van der Waals surface area contributed by atoms with Gasteiger partial charge in [0.1, 0.15) is 11.6 Å². The summed E-state index contributed by atoms with van der Waals surface area (Å²) in [6.45, 7) is 0. The molecule has 0 bridgehead atoms. The van der Waals surface area contributed by atoms with Crippen LogP contribution in [0, 0.1) is 11.6 Å². The predicted octanol–water partition coefficient (Wildman–Crippen LogP) is 21.2. The van der Waals surface area contributed by atoms with Crippen molar-refractivity contribution >= 4 is 87.2 Å². The van der Waals surface area contributed by atoms with E-state index in [9.17, 15) is 8.78 Å². The summed E-state index contributed by atoms with van der Waals surface area (Å²) in [5, 5.41) is 9.40. The minimum absolute atomic E-state index is 0. The van der Waals surface area contributed by atoms with E-state index in [1.165, 1.54) is 79.1 Å². The van der Waals surface area contributed by atoms with E-state index in [0.29, 0.717) is 0 Å². The van der Waals surface area contributed by atoms with Gasteiger partial charge in [-0.05, 0) is 70.8 Å². The number of para-hydroxylation sites is 4. The van der Waals surface area contributed by atoms with Crippen LogP contribution in [0.5, 0.6) is 0 Å². The third-order valence-corrected chi connectivity index (χ3v) is 13.2. The number of aromatic amines is 4. The fourth-order valence-corrected chi connectivity index (χ4v) is 10.5. The Morgan fingerprint density at radius 3 is 0.779 bits per heavy atom. The molecule has 0 amide bonds. The highest BCUT2D eigenvalue weighted by molar-refractivity contribution is 6.34. The summed E-state index contributed by atoms with van der Waals surface area (Å²) in [6.07, 6.45) is 0. The Kier molecular flexibility index (Phi) is 18.0. The van der Waals surface area contributed by atoms with Gasteiger partial charge in [0.2, 0.25) is 0 Å². The van der Waals surface area contributed by atoms with E-state index in [1.807, 2.05) is 48.5 Å². The summed E-state index contributed by atoms with van der Waals surface area (Å²) in [6, 6.07) is 68.4. The van der Waals surface area contributed by atoms with Crippen LogP contribution in [0.4, 0.5) is 59.2 Å². The molecular formula is C60H39F13N4. The fraction of sp³-hybridized carbons (Fsp3) is 0. The topological polar surface area (TPSA) is 63.2 Å². The van der Waals surface area contributed by atoms with Crippen molar-refractivity contribution in [3.63, 3.8) is 0 Å². The van der Waals surface area contributed by atoms with Gasteiger partial charge in [-0.2, -0.15) is 0 Å². The van der Waals surface area contributed by atoms with Crippen molar-refractivity contribution in [3.8, 4) is 44.5 Å². The molecule has 0 atom stereocenters. The van der Waals surface area contributed by atoms with Crippen molar-refractivity contribution in [1.29, 1.82) is 0 Å². The summed E-state index contributed by atoms with van der Waals surface area (Å²) >= 11 is 0. The lowest BCUT2D eigenvalue weighted by Gasteiger charge is -2.15. The van der Waals surface area contributed by atoms with Crippen LogP contribution >= 0.6 is 0 Å². The van der Waals surface area contributed by atoms with Gasteiger partial charge in [-0.1, -0.05) is 158 Å². The zero-order chi connectivity index (χ0) is 53.9. The Morgan fingerprint density at radius 2 is 0.455 bits per heavy atom. The number of nitrogens with one attached hydrogen (secondary N) is 4. The maximum Gasteiger partial charge on any atom is 0.123 e. The third kappa shape index (κ3) is 9.98. The van der Waals surface area contributed by atoms with Crippen molar-refractivity contribution in [2.24, 2.45) is 0 Å². The molecule has 0 saturated carbocycles. The number of hydrogen-bond donors (Lipinski definition) is 4. The van der Waals surface area contributed by atoms with Crippen molar-refractivity contribution in [2.75, 3.05) is 0 Å². The molecule has 0 aliphatic carbocycles. The van der Waals surface area contributed by atoms with E-state index in [0.717, 1.165) is 76.9 Å². The molecule has 4 N–H and O–H groups in total. The summed E-state index contributed by atoms with van der Waals surface area (Å²) < 4.78 is 108. The van der Waals surface area contributed by atoms with E-state index < -0.39 is 0 Å². The lowest BCUT2D eigenvalue weighted by Crippen LogP contribution is -1.91. The van der Waals surface area contributed by atoms with Gasteiger partial charge in [-0.15, -0.1) is 0 Å². The maximum absolute atomic E-state index is 13.9. The smallest absolute Gasteiger partial charge is 0.123 e. The first-order valence-corrected chi connectivity index (χ1v) is 22.9. The van der Waals surface area contributed by atoms with Crippen molar-refractivity contribution in [1.82, 2.24) is 19.9 Å². The molecule has 17 heteroatoms. The van der Waals surface area contributed by atoms with Gasteiger partial charge in [0.15, 0.2) is 0 Å². The molecule has 0 fully saturated rings.